The molecule has 0 bridgehead atoms. The van der Waals surface area contributed by atoms with Gasteiger partial charge in [-0.25, -0.2) is 4.98 Å². The summed E-state index contributed by atoms with van der Waals surface area (Å²) in [6.45, 7) is 8.51. The third-order valence-corrected chi connectivity index (χ3v) is 4.00. The average molecular weight is 473 g/mol. The Labute approximate surface area is 173 Å². The highest BCUT2D eigenvalue weighted by Crippen LogP contribution is 2.11. The van der Waals surface area contributed by atoms with Gasteiger partial charge < -0.3 is 19.9 Å². The average Bonchev–Trinajstić information content (AvgIpc) is 3.02. The Morgan fingerprint density at radius 1 is 1.19 bits per heavy atom. The van der Waals surface area contributed by atoms with Crippen LogP contribution in [0.25, 0.3) is 11.0 Å². The van der Waals surface area contributed by atoms with Crippen LogP contribution in [0.1, 0.15) is 26.7 Å². The number of aliphatic imine (C=N–C) groups is 1. The maximum absolute atomic E-state index is 5.60. The molecule has 0 radical (unpaired) electrons. The molecule has 0 aliphatic carbocycles. The molecule has 26 heavy (non-hydrogen) atoms. The van der Waals surface area contributed by atoms with Crippen molar-refractivity contribution >= 4 is 41.0 Å². The molecule has 6 nitrogen and oxygen atoms in total. The van der Waals surface area contributed by atoms with Crippen LogP contribution >= 0.6 is 24.0 Å². The fraction of sp³-hybridized carbons (Fsp3) is 0.579. The molecule has 2 rings (SSSR count). The van der Waals surface area contributed by atoms with E-state index in [1.54, 1.807) is 7.05 Å². The van der Waals surface area contributed by atoms with Crippen LogP contribution in [0.5, 0.6) is 0 Å². The van der Waals surface area contributed by atoms with Crippen molar-refractivity contribution in [3.63, 3.8) is 0 Å². The van der Waals surface area contributed by atoms with Gasteiger partial charge in [0.2, 0.25) is 0 Å². The molecular weight excluding hydrogens is 441 g/mol. The van der Waals surface area contributed by atoms with Gasteiger partial charge in [-0.05, 0) is 30.9 Å². The minimum atomic E-state index is 0. The number of rotatable bonds is 10. The van der Waals surface area contributed by atoms with Crippen molar-refractivity contribution in [1.82, 2.24) is 20.2 Å². The van der Waals surface area contributed by atoms with Gasteiger partial charge in [0.25, 0.3) is 0 Å². The van der Waals surface area contributed by atoms with Crippen molar-refractivity contribution in [3.05, 3.63) is 30.6 Å². The number of aromatic nitrogens is 2. The van der Waals surface area contributed by atoms with E-state index in [-0.39, 0.29) is 24.0 Å². The van der Waals surface area contributed by atoms with Gasteiger partial charge in [-0.3, -0.25) is 4.99 Å². The van der Waals surface area contributed by atoms with Crippen molar-refractivity contribution < 1.29 is 4.74 Å². The first-order valence-corrected chi connectivity index (χ1v) is 9.13. The number of halogens is 1. The maximum atomic E-state index is 5.60. The van der Waals surface area contributed by atoms with Crippen molar-refractivity contribution in [1.29, 1.82) is 0 Å². The van der Waals surface area contributed by atoms with Crippen molar-refractivity contribution in [2.24, 2.45) is 10.9 Å². The molecule has 1 heterocycles. The lowest BCUT2D eigenvalue weighted by Crippen LogP contribution is -2.39. The molecule has 7 heteroatoms. The lowest BCUT2D eigenvalue weighted by molar-refractivity contribution is 0.128. The summed E-state index contributed by atoms with van der Waals surface area (Å²) in [7, 11) is 1.79. The molecule has 146 valence electrons. The molecule has 0 aliphatic rings. The third kappa shape index (κ3) is 7.90. The Hall–Kier alpha value is -1.35. The summed E-state index contributed by atoms with van der Waals surface area (Å²) in [5.41, 5.74) is 2.23. The highest BCUT2D eigenvalue weighted by molar-refractivity contribution is 14.0. The van der Waals surface area contributed by atoms with E-state index in [4.69, 9.17) is 4.74 Å². The molecule has 0 aliphatic heterocycles. The molecule has 0 spiro atoms. The van der Waals surface area contributed by atoms with E-state index in [9.17, 15) is 0 Å². The predicted octanol–water partition coefficient (Wildman–Crippen LogP) is 3.27. The standard InChI is InChI=1S/C19H31N5O.HI/c1-16(2)9-13-25-14-11-22-19(20-3)21-10-6-12-24-15-23-17-7-4-5-8-18(17)24;/h4-5,7-8,15-16H,6,9-14H2,1-3H3,(H2,20,21,22);1H. The van der Waals surface area contributed by atoms with Crippen LogP contribution in [-0.2, 0) is 11.3 Å². The second-order valence-corrected chi connectivity index (χ2v) is 6.50. The Morgan fingerprint density at radius 2 is 1.96 bits per heavy atom. The van der Waals surface area contributed by atoms with Gasteiger partial charge in [0.05, 0.1) is 24.0 Å². The summed E-state index contributed by atoms with van der Waals surface area (Å²) in [4.78, 5) is 8.66. The molecule has 2 aromatic rings. The Kier molecular flexibility index (Phi) is 11.3. The number of ether oxygens (including phenoxy) is 1. The number of benzene rings is 1. The van der Waals surface area contributed by atoms with E-state index in [2.05, 4.69) is 45.1 Å². The quantitative estimate of drug-likeness (QED) is 0.241. The van der Waals surface area contributed by atoms with Gasteiger partial charge in [-0.2, -0.15) is 0 Å². The lowest BCUT2D eigenvalue weighted by atomic mass is 10.1. The molecule has 0 atom stereocenters. The minimum absolute atomic E-state index is 0. The zero-order valence-corrected chi connectivity index (χ0v) is 18.4. The minimum Gasteiger partial charge on any atom is -0.380 e. The normalized spacial score (nSPS) is 11.6. The highest BCUT2D eigenvalue weighted by Gasteiger charge is 2.02. The summed E-state index contributed by atoms with van der Waals surface area (Å²) in [6, 6.07) is 8.21. The largest absolute Gasteiger partial charge is 0.380 e. The summed E-state index contributed by atoms with van der Waals surface area (Å²) in [6.07, 6.45) is 4.02. The smallest absolute Gasteiger partial charge is 0.191 e. The van der Waals surface area contributed by atoms with Crippen LogP contribution in [0.15, 0.2) is 35.6 Å². The fourth-order valence-corrected chi connectivity index (χ4v) is 2.53. The number of imidazole rings is 1. The molecule has 0 fully saturated rings. The first kappa shape index (κ1) is 22.7. The molecule has 0 unspecified atom stereocenters. The highest BCUT2D eigenvalue weighted by atomic mass is 127. The van der Waals surface area contributed by atoms with Gasteiger partial charge in [0.1, 0.15) is 0 Å². The fourth-order valence-electron chi connectivity index (χ4n) is 2.53. The second kappa shape index (κ2) is 12.9. The molecule has 0 saturated carbocycles. The Bertz CT molecular complexity index is 656. The second-order valence-electron chi connectivity index (χ2n) is 6.50. The van der Waals surface area contributed by atoms with Crippen LogP contribution in [0.4, 0.5) is 0 Å². The molecule has 2 N–H and O–H groups in total. The number of para-hydroxylation sites is 2. The summed E-state index contributed by atoms with van der Waals surface area (Å²) >= 11 is 0. The van der Waals surface area contributed by atoms with E-state index in [1.165, 1.54) is 5.52 Å². The summed E-state index contributed by atoms with van der Waals surface area (Å²) in [5, 5.41) is 6.61. The summed E-state index contributed by atoms with van der Waals surface area (Å²) < 4.78 is 7.79. The first-order valence-electron chi connectivity index (χ1n) is 9.13. The lowest BCUT2D eigenvalue weighted by Gasteiger charge is -2.12. The Balaban J connectivity index is 0.00000338. The van der Waals surface area contributed by atoms with Crippen LogP contribution in [0, 0.1) is 5.92 Å². The Morgan fingerprint density at radius 3 is 2.73 bits per heavy atom. The van der Waals surface area contributed by atoms with Gasteiger partial charge in [0, 0.05) is 33.3 Å². The molecule has 1 aromatic heterocycles. The van der Waals surface area contributed by atoms with E-state index in [0.29, 0.717) is 12.5 Å². The van der Waals surface area contributed by atoms with Crippen LogP contribution in [0.2, 0.25) is 0 Å². The maximum Gasteiger partial charge on any atom is 0.191 e. The van der Waals surface area contributed by atoms with E-state index >= 15 is 0 Å². The van der Waals surface area contributed by atoms with Crippen molar-refractivity contribution in [2.45, 2.75) is 33.2 Å². The number of hydrogen-bond acceptors (Lipinski definition) is 3. The number of nitrogens with zero attached hydrogens (tertiary/aromatic N) is 3. The SMILES string of the molecule is CN=C(NCCCn1cnc2ccccc21)NCCOCCC(C)C.I. The van der Waals surface area contributed by atoms with Crippen LogP contribution in [0.3, 0.4) is 0 Å². The van der Waals surface area contributed by atoms with Gasteiger partial charge in [-0.15, -0.1) is 24.0 Å². The number of nitrogens with one attached hydrogen (secondary N) is 2. The molecule has 1 aromatic carbocycles. The number of guanidine groups is 1. The molecular formula is C19H32IN5O. The van der Waals surface area contributed by atoms with E-state index in [1.807, 2.05) is 24.5 Å². The van der Waals surface area contributed by atoms with Crippen molar-refractivity contribution in [2.75, 3.05) is 33.4 Å². The first-order chi connectivity index (χ1) is 12.2. The molecule has 0 amide bonds. The van der Waals surface area contributed by atoms with Gasteiger partial charge in [0.15, 0.2) is 5.96 Å². The predicted molar refractivity (Wildman–Crippen MR) is 119 cm³/mol. The van der Waals surface area contributed by atoms with Gasteiger partial charge in [-0.1, -0.05) is 26.0 Å². The van der Waals surface area contributed by atoms with Gasteiger partial charge >= 0.3 is 0 Å². The van der Waals surface area contributed by atoms with Crippen LogP contribution < -0.4 is 10.6 Å². The number of aryl methyl sites for hydroxylation is 1. The summed E-state index contributed by atoms with van der Waals surface area (Å²) in [5.74, 6) is 1.51. The van der Waals surface area contributed by atoms with Crippen LogP contribution in [-0.4, -0.2) is 48.9 Å². The third-order valence-electron chi connectivity index (χ3n) is 4.00. The number of fused-ring (bicyclic) bond motifs is 1. The van der Waals surface area contributed by atoms with Crippen molar-refractivity contribution in [3.8, 4) is 0 Å². The molecule has 0 saturated heterocycles. The zero-order chi connectivity index (χ0) is 17.9. The monoisotopic (exact) mass is 473 g/mol. The number of hydrogen-bond donors (Lipinski definition) is 2. The van der Waals surface area contributed by atoms with E-state index in [0.717, 1.165) is 50.6 Å². The topological polar surface area (TPSA) is 63.5 Å². The van der Waals surface area contributed by atoms with E-state index < -0.39 is 0 Å². The zero-order valence-electron chi connectivity index (χ0n) is 16.1.